The first-order chi connectivity index (χ1) is 10.3. The molecule has 21 heavy (non-hydrogen) atoms. The molecule has 1 aromatic carbocycles. The van der Waals surface area contributed by atoms with Gasteiger partial charge in [-0.2, -0.15) is 0 Å². The van der Waals surface area contributed by atoms with E-state index in [1.165, 1.54) is 57.3 Å². The molecule has 2 aliphatic rings. The third kappa shape index (κ3) is 3.17. The van der Waals surface area contributed by atoms with Crippen LogP contribution in [0.25, 0.3) is 0 Å². The highest BCUT2D eigenvalue weighted by Gasteiger charge is 2.38. The van der Waals surface area contributed by atoms with E-state index in [1.54, 1.807) is 0 Å². The molecule has 3 rings (SSSR count). The molecule has 0 aliphatic carbocycles. The van der Waals surface area contributed by atoms with E-state index >= 15 is 0 Å². The number of nitrogens with zero attached hydrogens (tertiary/aromatic N) is 2. The van der Waals surface area contributed by atoms with Gasteiger partial charge in [0, 0.05) is 31.2 Å². The lowest BCUT2D eigenvalue weighted by molar-refractivity contribution is 0.0147. The first kappa shape index (κ1) is 15.1. The Morgan fingerprint density at radius 1 is 1.14 bits per heavy atom. The fourth-order valence-electron chi connectivity index (χ4n) is 4.35. The Morgan fingerprint density at radius 2 is 1.95 bits per heavy atom. The van der Waals surface area contributed by atoms with Gasteiger partial charge in [-0.1, -0.05) is 50.6 Å². The van der Waals surface area contributed by atoms with Crippen molar-refractivity contribution < 1.29 is 0 Å². The summed E-state index contributed by atoms with van der Waals surface area (Å²) in [5.41, 5.74) is 1.51. The van der Waals surface area contributed by atoms with Crippen molar-refractivity contribution in [2.24, 2.45) is 0 Å². The number of hydrogen-bond acceptors (Lipinski definition) is 2. The lowest BCUT2D eigenvalue weighted by atomic mass is 9.95. The minimum absolute atomic E-state index is 0.594. The van der Waals surface area contributed by atoms with Crippen LogP contribution in [0.15, 0.2) is 30.3 Å². The van der Waals surface area contributed by atoms with Crippen molar-refractivity contribution in [1.29, 1.82) is 0 Å². The summed E-state index contributed by atoms with van der Waals surface area (Å²) in [6.07, 6.45) is 6.71. The van der Waals surface area contributed by atoms with Gasteiger partial charge in [-0.05, 0) is 37.8 Å². The van der Waals surface area contributed by atoms with E-state index in [-0.39, 0.29) is 0 Å². The molecule has 0 amide bonds. The Labute approximate surface area is 130 Å². The Morgan fingerprint density at radius 3 is 2.67 bits per heavy atom. The fourth-order valence-corrected chi connectivity index (χ4v) is 4.35. The molecule has 0 aromatic heterocycles. The molecule has 0 N–H and O–H groups in total. The number of hydrogen-bond donors (Lipinski definition) is 0. The molecule has 0 bridgehead atoms. The molecule has 0 saturated carbocycles. The summed E-state index contributed by atoms with van der Waals surface area (Å²) < 4.78 is 0. The number of benzene rings is 1. The van der Waals surface area contributed by atoms with E-state index in [4.69, 9.17) is 0 Å². The zero-order valence-corrected chi connectivity index (χ0v) is 13.7. The van der Waals surface area contributed by atoms with Crippen molar-refractivity contribution in [2.45, 2.75) is 64.1 Å². The van der Waals surface area contributed by atoms with E-state index in [1.807, 2.05) is 0 Å². The first-order valence-electron chi connectivity index (χ1n) is 8.88. The lowest BCUT2D eigenvalue weighted by Crippen LogP contribution is -2.54. The van der Waals surface area contributed by atoms with Crippen molar-refractivity contribution in [1.82, 2.24) is 9.80 Å². The maximum atomic E-state index is 2.84. The summed E-state index contributed by atoms with van der Waals surface area (Å²) in [6.45, 7) is 8.51. The van der Waals surface area contributed by atoms with Gasteiger partial charge in [0.05, 0.1) is 0 Å². The van der Waals surface area contributed by atoms with Crippen LogP contribution in [-0.4, -0.2) is 41.5 Å². The molecule has 2 heterocycles. The van der Waals surface area contributed by atoms with Crippen molar-refractivity contribution in [3.63, 3.8) is 0 Å². The molecule has 0 radical (unpaired) electrons. The van der Waals surface area contributed by atoms with Gasteiger partial charge in [0.25, 0.3) is 0 Å². The second kappa shape index (κ2) is 6.93. The standard InChI is InChI=1S/C19H30N2/c1-3-9-17(4-2)21-14-18-12-8-13-20(18)15-19(21)16-10-6-5-7-11-16/h5-7,10-11,17-19H,3-4,8-9,12-15H2,1-2H3. The number of rotatable bonds is 5. The van der Waals surface area contributed by atoms with E-state index < -0.39 is 0 Å². The van der Waals surface area contributed by atoms with Crippen LogP contribution in [0, 0.1) is 0 Å². The van der Waals surface area contributed by atoms with Gasteiger partial charge >= 0.3 is 0 Å². The van der Waals surface area contributed by atoms with Crippen LogP contribution in [0.2, 0.25) is 0 Å². The van der Waals surface area contributed by atoms with E-state index in [2.05, 4.69) is 54.0 Å². The third-order valence-electron chi connectivity index (χ3n) is 5.47. The monoisotopic (exact) mass is 286 g/mol. The predicted molar refractivity (Wildman–Crippen MR) is 89.5 cm³/mol. The molecule has 2 nitrogen and oxygen atoms in total. The van der Waals surface area contributed by atoms with Crippen LogP contribution in [0.4, 0.5) is 0 Å². The molecule has 2 fully saturated rings. The first-order valence-corrected chi connectivity index (χ1v) is 8.88. The van der Waals surface area contributed by atoms with Crippen molar-refractivity contribution in [3.05, 3.63) is 35.9 Å². The Balaban J connectivity index is 1.85. The molecule has 1 aromatic rings. The van der Waals surface area contributed by atoms with E-state index in [0.717, 1.165) is 12.1 Å². The molecule has 3 atom stereocenters. The van der Waals surface area contributed by atoms with Crippen LogP contribution >= 0.6 is 0 Å². The summed E-state index contributed by atoms with van der Waals surface area (Å²) in [7, 11) is 0. The normalized spacial score (nSPS) is 28.5. The van der Waals surface area contributed by atoms with Gasteiger partial charge in [0.2, 0.25) is 0 Å². The summed E-state index contributed by atoms with van der Waals surface area (Å²) in [5, 5.41) is 0. The number of piperazine rings is 1. The highest BCUT2D eigenvalue weighted by molar-refractivity contribution is 5.21. The second-order valence-electron chi connectivity index (χ2n) is 6.77. The summed E-state index contributed by atoms with van der Waals surface area (Å²) in [5.74, 6) is 0. The summed E-state index contributed by atoms with van der Waals surface area (Å²) in [4.78, 5) is 5.58. The van der Waals surface area contributed by atoms with Crippen LogP contribution in [0.5, 0.6) is 0 Å². The summed E-state index contributed by atoms with van der Waals surface area (Å²) >= 11 is 0. The molecule has 116 valence electrons. The fraction of sp³-hybridized carbons (Fsp3) is 0.684. The minimum Gasteiger partial charge on any atom is -0.297 e. The molecular formula is C19H30N2. The van der Waals surface area contributed by atoms with Crippen LogP contribution in [0.3, 0.4) is 0 Å². The van der Waals surface area contributed by atoms with Crippen LogP contribution in [0.1, 0.15) is 57.6 Å². The highest BCUT2D eigenvalue weighted by Crippen LogP contribution is 2.35. The SMILES string of the molecule is CCCC(CC)N1CC2CCCN2CC1c1ccccc1. The van der Waals surface area contributed by atoms with Crippen molar-refractivity contribution in [3.8, 4) is 0 Å². The molecule has 2 heteroatoms. The molecular weight excluding hydrogens is 256 g/mol. The Hall–Kier alpha value is -0.860. The smallest absolute Gasteiger partial charge is 0.0478 e. The van der Waals surface area contributed by atoms with Crippen molar-refractivity contribution >= 4 is 0 Å². The van der Waals surface area contributed by atoms with Gasteiger partial charge in [0.15, 0.2) is 0 Å². The summed E-state index contributed by atoms with van der Waals surface area (Å²) in [6, 6.07) is 13.4. The average molecular weight is 286 g/mol. The quantitative estimate of drug-likeness (QED) is 0.804. The van der Waals surface area contributed by atoms with Gasteiger partial charge in [0.1, 0.15) is 0 Å². The zero-order valence-electron chi connectivity index (χ0n) is 13.7. The third-order valence-corrected chi connectivity index (χ3v) is 5.47. The van der Waals surface area contributed by atoms with E-state index in [0.29, 0.717) is 6.04 Å². The second-order valence-corrected chi connectivity index (χ2v) is 6.77. The zero-order chi connectivity index (χ0) is 14.7. The molecule has 2 saturated heterocycles. The lowest BCUT2D eigenvalue weighted by Gasteiger charge is -2.47. The molecule has 2 aliphatic heterocycles. The Bertz CT molecular complexity index is 430. The maximum absolute atomic E-state index is 2.84. The topological polar surface area (TPSA) is 6.48 Å². The van der Waals surface area contributed by atoms with Gasteiger partial charge in [-0.3, -0.25) is 9.80 Å². The van der Waals surface area contributed by atoms with Crippen molar-refractivity contribution in [2.75, 3.05) is 19.6 Å². The Kier molecular flexibility index (Phi) is 4.97. The maximum Gasteiger partial charge on any atom is 0.0478 e. The highest BCUT2D eigenvalue weighted by atomic mass is 15.3. The minimum atomic E-state index is 0.594. The number of fused-ring (bicyclic) bond motifs is 1. The predicted octanol–water partition coefficient (Wildman–Crippen LogP) is 4.09. The van der Waals surface area contributed by atoms with Gasteiger partial charge in [-0.15, -0.1) is 0 Å². The van der Waals surface area contributed by atoms with E-state index in [9.17, 15) is 0 Å². The van der Waals surface area contributed by atoms with Gasteiger partial charge in [-0.25, -0.2) is 0 Å². The van der Waals surface area contributed by atoms with Crippen LogP contribution in [-0.2, 0) is 0 Å². The van der Waals surface area contributed by atoms with Gasteiger partial charge < -0.3 is 0 Å². The molecule has 3 unspecified atom stereocenters. The average Bonchev–Trinajstić information content (AvgIpc) is 2.99. The molecule has 0 spiro atoms. The largest absolute Gasteiger partial charge is 0.297 e. The van der Waals surface area contributed by atoms with Crippen LogP contribution < -0.4 is 0 Å².